The maximum Gasteiger partial charge on any atom is 0.0622 e. The van der Waals surface area contributed by atoms with Crippen molar-refractivity contribution in [3.8, 4) is 0 Å². The van der Waals surface area contributed by atoms with E-state index >= 15 is 0 Å². The van der Waals surface area contributed by atoms with E-state index in [4.69, 9.17) is 4.74 Å². The summed E-state index contributed by atoms with van der Waals surface area (Å²) >= 11 is 0. The standard InChI is InChI=1S/C13H18O/c1-9-10(2)14-11(3)13(9)12-7-5-4-6-8-12/h4-11,13H,1-3H3/t9-,10-,11+,13-/m1/s1. The van der Waals surface area contributed by atoms with Crippen molar-refractivity contribution in [1.82, 2.24) is 0 Å². The van der Waals surface area contributed by atoms with Crippen LogP contribution >= 0.6 is 0 Å². The summed E-state index contributed by atoms with van der Waals surface area (Å²) in [7, 11) is 0. The quantitative estimate of drug-likeness (QED) is 0.660. The van der Waals surface area contributed by atoms with Gasteiger partial charge in [-0.3, -0.25) is 0 Å². The predicted molar refractivity (Wildman–Crippen MR) is 58.4 cm³/mol. The molecule has 1 heteroatoms. The van der Waals surface area contributed by atoms with Gasteiger partial charge in [0.2, 0.25) is 0 Å². The second-order valence-electron chi connectivity index (χ2n) is 4.34. The lowest BCUT2D eigenvalue weighted by molar-refractivity contribution is 0.0557. The summed E-state index contributed by atoms with van der Waals surface area (Å²) in [5.74, 6) is 1.18. The number of ether oxygens (including phenoxy) is 1. The van der Waals surface area contributed by atoms with Crippen molar-refractivity contribution in [2.75, 3.05) is 0 Å². The van der Waals surface area contributed by atoms with Gasteiger partial charge in [0.15, 0.2) is 0 Å². The average molecular weight is 190 g/mol. The van der Waals surface area contributed by atoms with E-state index in [2.05, 4.69) is 51.1 Å². The minimum atomic E-state index is 0.349. The molecule has 0 aliphatic carbocycles. The molecule has 76 valence electrons. The first kappa shape index (κ1) is 9.72. The zero-order valence-electron chi connectivity index (χ0n) is 9.10. The first-order valence-electron chi connectivity index (χ1n) is 5.40. The summed E-state index contributed by atoms with van der Waals surface area (Å²) in [6, 6.07) is 10.7. The van der Waals surface area contributed by atoms with Gasteiger partial charge in [-0.05, 0) is 25.3 Å². The molecule has 0 aromatic heterocycles. The van der Waals surface area contributed by atoms with Gasteiger partial charge in [0, 0.05) is 5.92 Å². The maximum absolute atomic E-state index is 5.84. The van der Waals surface area contributed by atoms with Crippen molar-refractivity contribution >= 4 is 0 Å². The number of rotatable bonds is 1. The van der Waals surface area contributed by atoms with Crippen molar-refractivity contribution in [2.45, 2.75) is 38.9 Å². The van der Waals surface area contributed by atoms with E-state index < -0.39 is 0 Å². The average Bonchev–Trinajstić information content (AvgIpc) is 2.43. The van der Waals surface area contributed by atoms with Crippen LogP contribution in [0.2, 0.25) is 0 Å². The van der Waals surface area contributed by atoms with E-state index in [0.717, 1.165) is 0 Å². The van der Waals surface area contributed by atoms with Gasteiger partial charge in [0.1, 0.15) is 0 Å². The van der Waals surface area contributed by atoms with Crippen LogP contribution in [-0.2, 0) is 4.74 Å². The monoisotopic (exact) mass is 190 g/mol. The smallest absolute Gasteiger partial charge is 0.0622 e. The fourth-order valence-corrected chi connectivity index (χ4v) is 2.52. The molecule has 1 aliphatic heterocycles. The summed E-state index contributed by atoms with van der Waals surface area (Å²) in [4.78, 5) is 0. The third-order valence-electron chi connectivity index (χ3n) is 3.43. The molecule has 0 radical (unpaired) electrons. The Kier molecular flexibility index (Phi) is 2.60. The Bertz CT molecular complexity index is 293. The molecule has 1 heterocycles. The highest BCUT2D eigenvalue weighted by molar-refractivity contribution is 5.22. The Hall–Kier alpha value is -0.820. The molecule has 4 atom stereocenters. The molecule has 0 N–H and O–H groups in total. The van der Waals surface area contributed by atoms with Crippen molar-refractivity contribution in [1.29, 1.82) is 0 Å². The van der Waals surface area contributed by atoms with Gasteiger partial charge < -0.3 is 4.74 Å². The topological polar surface area (TPSA) is 9.23 Å². The van der Waals surface area contributed by atoms with Gasteiger partial charge in [0.05, 0.1) is 12.2 Å². The molecule has 1 aliphatic rings. The molecule has 2 rings (SSSR count). The van der Waals surface area contributed by atoms with Crippen LogP contribution in [0.15, 0.2) is 30.3 Å². The lowest BCUT2D eigenvalue weighted by Gasteiger charge is -2.18. The molecule has 0 spiro atoms. The van der Waals surface area contributed by atoms with E-state index in [9.17, 15) is 0 Å². The molecule has 1 aromatic rings. The Balaban J connectivity index is 2.26. The van der Waals surface area contributed by atoms with Crippen molar-refractivity contribution in [3.05, 3.63) is 35.9 Å². The normalized spacial score (nSPS) is 37.4. The number of hydrogen-bond donors (Lipinski definition) is 0. The highest BCUT2D eigenvalue weighted by Crippen LogP contribution is 2.39. The molecule has 1 fully saturated rings. The number of benzene rings is 1. The van der Waals surface area contributed by atoms with Crippen LogP contribution in [0.3, 0.4) is 0 Å². The van der Waals surface area contributed by atoms with Crippen LogP contribution in [0.4, 0.5) is 0 Å². The zero-order chi connectivity index (χ0) is 10.1. The molecule has 0 amide bonds. The SMILES string of the molecule is C[C@H]1[C@@H](c2ccccc2)[C@H](C)O[C@@H]1C. The number of hydrogen-bond acceptors (Lipinski definition) is 1. The molecule has 1 nitrogen and oxygen atoms in total. The molecule has 1 aromatic carbocycles. The molecule has 0 saturated carbocycles. The highest BCUT2D eigenvalue weighted by Gasteiger charge is 2.37. The molecule has 14 heavy (non-hydrogen) atoms. The molecule has 1 saturated heterocycles. The van der Waals surface area contributed by atoms with Crippen LogP contribution < -0.4 is 0 Å². The van der Waals surface area contributed by atoms with Crippen molar-refractivity contribution < 1.29 is 4.74 Å². The Morgan fingerprint density at radius 1 is 0.929 bits per heavy atom. The van der Waals surface area contributed by atoms with Gasteiger partial charge >= 0.3 is 0 Å². The molecular formula is C13H18O. The largest absolute Gasteiger partial charge is 0.375 e. The second-order valence-corrected chi connectivity index (χ2v) is 4.34. The second kappa shape index (κ2) is 3.74. The van der Waals surface area contributed by atoms with Crippen LogP contribution in [0, 0.1) is 5.92 Å². The van der Waals surface area contributed by atoms with Crippen molar-refractivity contribution in [2.24, 2.45) is 5.92 Å². The van der Waals surface area contributed by atoms with Crippen LogP contribution in [0.5, 0.6) is 0 Å². The van der Waals surface area contributed by atoms with E-state index in [1.54, 1.807) is 0 Å². The van der Waals surface area contributed by atoms with Crippen LogP contribution in [0.25, 0.3) is 0 Å². The Morgan fingerprint density at radius 2 is 1.57 bits per heavy atom. The lowest BCUT2D eigenvalue weighted by atomic mass is 9.84. The molecule has 0 bridgehead atoms. The third kappa shape index (κ3) is 1.57. The Labute approximate surface area is 86.1 Å². The summed E-state index contributed by atoms with van der Waals surface area (Å²) < 4.78 is 5.84. The van der Waals surface area contributed by atoms with Crippen LogP contribution in [0.1, 0.15) is 32.3 Å². The highest BCUT2D eigenvalue weighted by atomic mass is 16.5. The minimum absolute atomic E-state index is 0.349. The van der Waals surface area contributed by atoms with E-state index in [1.807, 2.05) is 0 Å². The minimum Gasteiger partial charge on any atom is -0.375 e. The summed E-state index contributed by atoms with van der Waals surface area (Å²) in [6.45, 7) is 6.63. The first-order chi connectivity index (χ1) is 6.70. The van der Waals surface area contributed by atoms with Crippen molar-refractivity contribution in [3.63, 3.8) is 0 Å². The van der Waals surface area contributed by atoms with Gasteiger partial charge in [-0.1, -0.05) is 37.3 Å². The fourth-order valence-electron chi connectivity index (χ4n) is 2.52. The summed E-state index contributed by atoms with van der Waals surface area (Å²) in [6.07, 6.45) is 0.734. The van der Waals surface area contributed by atoms with E-state index in [1.165, 1.54) is 5.56 Å². The van der Waals surface area contributed by atoms with Gasteiger partial charge in [-0.15, -0.1) is 0 Å². The van der Waals surface area contributed by atoms with E-state index in [0.29, 0.717) is 24.0 Å². The van der Waals surface area contributed by atoms with E-state index in [-0.39, 0.29) is 0 Å². The summed E-state index contributed by atoms with van der Waals surface area (Å²) in [5.41, 5.74) is 1.41. The first-order valence-corrected chi connectivity index (χ1v) is 5.40. The molecular weight excluding hydrogens is 172 g/mol. The lowest BCUT2D eigenvalue weighted by Crippen LogP contribution is -2.14. The Morgan fingerprint density at radius 3 is 2.07 bits per heavy atom. The van der Waals surface area contributed by atoms with Gasteiger partial charge in [-0.2, -0.15) is 0 Å². The zero-order valence-corrected chi connectivity index (χ0v) is 9.10. The summed E-state index contributed by atoms with van der Waals surface area (Å²) in [5, 5.41) is 0. The van der Waals surface area contributed by atoms with Crippen LogP contribution in [-0.4, -0.2) is 12.2 Å². The van der Waals surface area contributed by atoms with Gasteiger partial charge in [-0.25, -0.2) is 0 Å². The fraction of sp³-hybridized carbons (Fsp3) is 0.538. The van der Waals surface area contributed by atoms with Gasteiger partial charge in [0.25, 0.3) is 0 Å². The predicted octanol–water partition coefficient (Wildman–Crippen LogP) is 3.21. The molecule has 0 unspecified atom stereocenters. The third-order valence-corrected chi connectivity index (χ3v) is 3.43. The maximum atomic E-state index is 5.84.